The molecule has 6 nitrogen and oxygen atoms in total. The molecule has 3 heterocycles. The quantitative estimate of drug-likeness (QED) is 0.473. The van der Waals surface area contributed by atoms with Crippen molar-refractivity contribution in [3.63, 3.8) is 0 Å². The number of nitrogens with zero attached hydrogens (tertiary/aromatic N) is 5. The molecule has 1 aliphatic heterocycles. The number of likely N-dealkylation sites (N-methyl/N-ethyl adjacent to an activating group) is 1. The molecule has 33 heavy (non-hydrogen) atoms. The highest BCUT2D eigenvalue weighted by molar-refractivity contribution is 5.78. The van der Waals surface area contributed by atoms with Gasteiger partial charge in [0.15, 0.2) is 0 Å². The lowest BCUT2D eigenvalue weighted by molar-refractivity contribution is 0.273. The SMILES string of the molecule is CN(Cc1cccc(F)c1)C[C@@H]1CCc2nc(-c3ccc(F)cc3)c(-c3ccnc(N)n3)n21. The second-order valence-electron chi connectivity index (χ2n) is 8.42. The number of fused-ring (bicyclic) bond motifs is 1. The predicted molar refractivity (Wildman–Crippen MR) is 123 cm³/mol. The van der Waals surface area contributed by atoms with Crippen LogP contribution in [0.5, 0.6) is 0 Å². The molecule has 0 saturated heterocycles. The molecular formula is C25H24F2N6. The van der Waals surface area contributed by atoms with Crippen LogP contribution in [0.25, 0.3) is 22.6 Å². The monoisotopic (exact) mass is 446 g/mol. The van der Waals surface area contributed by atoms with Gasteiger partial charge in [-0.25, -0.2) is 23.7 Å². The molecule has 0 spiro atoms. The van der Waals surface area contributed by atoms with E-state index in [1.165, 1.54) is 18.2 Å². The van der Waals surface area contributed by atoms with Crippen LogP contribution in [-0.2, 0) is 13.0 Å². The summed E-state index contributed by atoms with van der Waals surface area (Å²) in [5.41, 5.74) is 9.92. The maximum Gasteiger partial charge on any atom is 0.220 e. The minimum atomic E-state index is -0.296. The van der Waals surface area contributed by atoms with E-state index >= 15 is 0 Å². The Balaban J connectivity index is 1.51. The van der Waals surface area contributed by atoms with Gasteiger partial charge in [-0.2, -0.15) is 0 Å². The minimum absolute atomic E-state index is 0.159. The van der Waals surface area contributed by atoms with Gasteiger partial charge in [0.25, 0.3) is 0 Å². The molecule has 2 aromatic heterocycles. The Bertz CT molecular complexity index is 1280. The molecule has 168 valence electrons. The van der Waals surface area contributed by atoms with Crippen LogP contribution in [-0.4, -0.2) is 38.0 Å². The van der Waals surface area contributed by atoms with Crippen molar-refractivity contribution in [2.24, 2.45) is 0 Å². The topological polar surface area (TPSA) is 72.9 Å². The number of aromatic nitrogens is 4. The Morgan fingerprint density at radius 3 is 2.64 bits per heavy atom. The van der Waals surface area contributed by atoms with E-state index < -0.39 is 0 Å². The van der Waals surface area contributed by atoms with Gasteiger partial charge < -0.3 is 15.2 Å². The third-order valence-electron chi connectivity index (χ3n) is 5.95. The standard InChI is InChI=1S/C25H24F2N6/c1-32(14-16-3-2-4-19(27)13-16)15-20-9-10-22-31-23(17-5-7-18(26)8-6-17)24(33(20)22)21-11-12-29-25(28)30-21/h2-8,11-13,20H,9-10,14-15H2,1H3,(H2,28,29,30)/t20-/m0/s1. The van der Waals surface area contributed by atoms with E-state index in [4.69, 9.17) is 10.7 Å². The van der Waals surface area contributed by atoms with E-state index in [2.05, 4.69) is 19.4 Å². The molecular weight excluding hydrogens is 422 g/mol. The first kappa shape index (κ1) is 21.2. The smallest absolute Gasteiger partial charge is 0.220 e. The molecule has 0 fully saturated rings. The number of rotatable bonds is 6. The summed E-state index contributed by atoms with van der Waals surface area (Å²) in [5, 5.41) is 0. The number of nitrogens with two attached hydrogens (primary N) is 1. The van der Waals surface area contributed by atoms with Gasteiger partial charge in [-0.15, -0.1) is 0 Å². The van der Waals surface area contributed by atoms with Crippen molar-refractivity contribution >= 4 is 5.95 Å². The third kappa shape index (κ3) is 4.34. The van der Waals surface area contributed by atoms with Crippen molar-refractivity contribution in [3.05, 3.63) is 83.8 Å². The lowest BCUT2D eigenvalue weighted by atomic mass is 10.1. The average molecular weight is 447 g/mol. The van der Waals surface area contributed by atoms with Gasteiger partial charge in [0.2, 0.25) is 5.95 Å². The highest BCUT2D eigenvalue weighted by Crippen LogP contribution is 2.39. The average Bonchev–Trinajstić information content (AvgIpc) is 3.34. The van der Waals surface area contributed by atoms with Crippen molar-refractivity contribution in [1.82, 2.24) is 24.4 Å². The summed E-state index contributed by atoms with van der Waals surface area (Å²) >= 11 is 0. The normalized spacial score (nSPS) is 15.2. The fraction of sp³-hybridized carbons (Fsp3) is 0.240. The van der Waals surface area contributed by atoms with E-state index in [-0.39, 0.29) is 23.6 Å². The molecule has 2 aromatic carbocycles. The van der Waals surface area contributed by atoms with E-state index in [0.29, 0.717) is 12.2 Å². The van der Waals surface area contributed by atoms with E-state index in [1.807, 2.05) is 19.2 Å². The summed E-state index contributed by atoms with van der Waals surface area (Å²) in [7, 11) is 2.03. The Labute approximate surface area is 190 Å². The van der Waals surface area contributed by atoms with Gasteiger partial charge in [-0.1, -0.05) is 12.1 Å². The van der Waals surface area contributed by atoms with Crippen molar-refractivity contribution in [2.45, 2.75) is 25.4 Å². The second-order valence-corrected chi connectivity index (χ2v) is 8.42. The number of imidazole rings is 1. The van der Waals surface area contributed by atoms with Crippen LogP contribution < -0.4 is 5.73 Å². The molecule has 0 unspecified atom stereocenters. The van der Waals surface area contributed by atoms with Crippen molar-refractivity contribution < 1.29 is 8.78 Å². The highest BCUT2D eigenvalue weighted by atomic mass is 19.1. The third-order valence-corrected chi connectivity index (χ3v) is 5.95. The maximum absolute atomic E-state index is 13.6. The van der Waals surface area contributed by atoms with E-state index in [9.17, 15) is 8.78 Å². The van der Waals surface area contributed by atoms with Crippen LogP contribution in [0.2, 0.25) is 0 Å². The molecule has 5 rings (SSSR count). The first-order valence-electron chi connectivity index (χ1n) is 10.9. The van der Waals surface area contributed by atoms with Gasteiger partial charge in [0.05, 0.1) is 17.1 Å². The fourth-order valence-corrected chi connectivity index (χ4v) is 4.58. The van der Waals surface area contributed by atoms with Gasteiger partial charge in [-0.3, -0.25) is 0 Å². The molecule has 1 aliphatic rings. The van der Waals surface area contributed by atoms with E-state index in [0.717, 1.165) is 47.7 Å². The Hall–Kier alpha value is -3.65. The summed E-state index contributed by atoms with van der Waals surface area (Å²) in [5.74, 6) is 0.623. The van der Waals surface area contributed by atoms with Crippen molar-refractivity contribution in [1.29, 1.82) is 0 Å². The van der Waals surface area contributed by atoms with Crippen LogP contribution in [0.4, 0.5) is 14.7 Å². The Kier molecular flexibility index (Phi) is 5.60. The Morgan fingerprint density at radius 2 is 1.88 bits per heavy atom. The van der Waals surface area contributed by atoms with Crippen LogP contribution in [0.15, 0.2) is 60.8 Å². The Morgan fingerprint density at radius 1 is 1.06 bits per heavy atom. The second kappa shape index (κ2) is 8.71. The molecule has 0 bridgehead atoms. The van der Waals surface area contributed by atoms with E-state index in [1.54, 1.807) is 30.5 Å². The first-order chi connectivity index (χ1) is 16.0. The van der Waals surface area contributed by atoms with Gasteiger partial charge >= 0.3 is 0 Å². The van der Waals surface area contributed by atoms with Crippen LogP contribution in [0.3, 0.4) is 0 Å². The molecule has 0 amide bonds. The van der Waals surface area contributed by atoms with Gasteiger partial charge in [0.1, 0.15) is 17.5 Å². The number of hydrogen-bond donors (Lipinski definition) is 1. The zero-order valence-electron chi connectivity index (χ0n) is 18.2. The number of nitrogen functional groups attached to an aromatic ring is 1. The summed E-state index contributed by atoms with van der Waals surface area (Å²) in [6, 6.07) is 15.0. The lowest BCUT2D eigenvalue weighted by Crippen LogP contribution is -2.26. The summed E-state index contributed by atoms with van der Waals surface area (Å²) in [4.78, 5) is 15.6. The number of hydrogen-bond acceptors (Lipinski definition) is 5. The van der Waals surface area contributed by atoms with Crippen molar-refractivity contribution in [3.8, 4) is 22.6 Å². The highest BCUT2D eigenvalue weighted by Gasteiger charge is 2.31. The van der Waals surface area contributed by atoms with Gasteiger partial charge in [-0.05, 0) is 61.5 Å². The number of benzene rings is 2. The molecule has 0 saturated carbocycles. The van der Waals surface area contributed by atoms with Crippen LogP contribution in [0.1, 0.15) is 23.9 Å². The minimum Gasteiger partial charge on any atom is -0.368 e. The zero-order chi connectivity index (χ0) is 22.9. The summed E-state index contributed by atoms with van der Waals surface area (Å²) in [6.45, 7) is 1.40. The molecule has 2 N–H and O–H groups in total. The lowest BCUT2D eigenvalue weighted by Gasteiger charge is -2.24. The fourth-order valence-electron chi connectivity index (χ4n) is 4.58. The van der Waals surface area contributed by atoms with Crippen LogP contribution >= 0.6 is 0 Å². The van der Waals surface area contributed by atoms with Gasteiger partial charge in [0, 0.05) is 37.3 Å². The summed E-state index contributed by atoms with van der Waals surface area (Å²) in [6.07, 6.45) is 3.40. The maximum atomic E-state index is 13.6. The summed E-state index contributed by atoms with van der Waals surface area (Å²) < 4.78 is 29.4. The number of aryl methyl sites for hydroxylation is 1. The largest absolute Gasteiger partial charge is 0.368 e. The predicted octanol–water partition coefficient (Wildman–Crippen LogP) is 4.49. The molecule has 1 atom stereocenters. The zero-order valence-corrected chi connectivity index (χ0v) is 18.2. The van der Waals surface area contributed by atoms with Crippen LogP contribution in [0, 0.1) is 11.6 Å². The molecule has 8 heteroatoms. The molecule has 0 aliphatic carbocycles. The number of anilines is 1. The molecule has 4 aromatic rings. The molecule has 0 radical (unpaired) electrons. The first-order valence-corrected chi connectivity index (χ1v) is 10.9. The van der Waals surface area contributed by atoms with Crippen molar-refractivity contribution in [2.75, 3.05) is 19.3 Å². The number of halogens is 2.